The van der Waals surface area contributed by atoms with Gasteiger partial charge in [-0.05, 0) is 24.1 Å². The molecule has 1 aromatic carbocycles. The zero-order valence-electron chi connectivity index (χ0n) is 10.2. The van der Waals surface area contributed by atoms with Crippen molar-refractivity contribution in [2.75, 3.05) is 0 Å². The molecule has 0 aliphatic heterocycles. The Morgan fingerprint density at radius 3 is 2.59 bits per heavy atom. The normalized spacial score (nSPS) is 10.5. The quantitative estimate of drug-likeness (QED) is 0.737. The number of Topliss-reactive ketones (excluding diaryl/α,β-unsaturated/α-hetero) is 1. The highest BCUT2D eigenvalue weighted by Crippen LogP contribution is 2.26. The van der Waals surface area contributed by atoms with Crippen LogP contribution in [-0.4, -0.2) is 5.78 Å². The second-order valence-electron chi connectivity index (χ2n) is 3.95. The van der Waals surface area contributed by atoms with E-state index in [1.54, 1.807) is 6.07 Å². The zero-order chi connectivity index (χ0) is 12.3. The fourth-order valence-corrected chi connectivity index (χ4v) is 1.88. The molecule has 2 rings (SSSR count). The number of rotatable bonds is 4. The Balaban J connectivity index is 2.40. The second kappa shape index (κ2) is 5.00. The molecule has 0 saturated carbocycles. The predicted molar refractivity (Wildman–Crippen MR) is 68.1 cm³/mol. The molecular formula is C15H16O2. The lowest BCUT2D eigenvalue weighted by atomic mass is 10.0. The number of hydrogen-bond donors (Lipinski definition) is 0. The van der Waals surface area contributed by atoms with Gasteiger partial charge in [0.1, 0.15) is 5.76 Å². The Hall–Kier alpha value is -1.83. The standard InChI is InChI=1S/C15H16O2/c1-3-11-7-5-6-8-12(11)14-9-10-15(17-14)13(16)4-2/h5-10H,3-4H2,1-2H3. The average molecular weight is 228 g/mol. The van der Waals surface area contributed by atoms with E-state index in [-0.39, 0.29) is 5.78 Å². The maximum Gasteiger partial charge on any atom is 0.197 e. The predicted octanol–water partition coefficient (Wildman–Crippen LogP) is 4.10. The van der Waals surface area contributed by atoms with Crippen LogP contribution in [0.2, 0.25) is 0 Å². The molecule has 0 fully saturated rings. The van der Waals surface area contributed by atoms with Crippen molar-refractivity contribution in [2.24, 2.45) is 0 Å². The van der Waals surface area contributed by atoms with Gasteiger partial charge in [-0.15, -0.1) is 0 Å². The summed E-state index contributed by atoms with van der Waals surface area (Å²) in [6.45, 7) is 3.95. The van der Waals surface area contributed by atoms with E-state index in [1.165, 1.54) is 5.56 Å². The minimum absolute atomic E-state index is 0.0465. The van der Waals surface area contributed by atoms with Crippen LogP contribution in [0.15, 0.2) is 40.8 Å². The SMILES string of the molecule is CCC(=O)c1ccc(-c2ccccc2CC)o1. The zero-order valence-corrected chi connectivity index (χ0v) is 10.2. The smallest absolute Gasteiger partial charge is 0.197 e. The van der Waals surface area contributed by atoms with Gasteiger partial charge < -0.3 is 4.42 Å². The Kier molecular flexibility index (Phi) is 3.43. The number of aryl methyl sites for hydroxylation is 1. The molecule has 0 amide bonds. The summed E-state index contributed by atoms with van der Waals surface area (Å²) in [5.41, 5.74) is 2.31. The van der Waals surface area contributed by atoms with Crippen molar-refractivity contribution < 1.29 is 9.21 Å². The molecule has 0 aliphatic carbocycles. The molecule has 17 heavy (non-hydrogen) atoms. The summed E-state index contributed by atoms with van der Waals surface area (Å²) in [5.74, 6) is 1.28. The fourth-order valence-electron chi connectivity index (χ4n) is 1.88. The van der Waals surface area contributed by atoms with E-state index < -0.39 is 0 Å². The molecular weight excluding hydrogens is 212 g/mol. The molecule has 2 nitrogen and oxygen atoms in total. The molecule has 0 saturated heterocycles. The van der Waals surface area contributed by atoms with Gasteiger partial charge in [-0.1, -0.05) is 38.1 Å². The van der Waals surface area contributed by atoms with E-state index in [0.717, 1.165) is 17.7 Å². The van der Waals surface area contributed by atoms with Gasteiger partial charge in [0.25, 0.3) is 0 Å². The van der Waals surface area contributed by atoms with Crippen molar-refractivity contribution in [1.29, 1.82) is 0 Å². The van der Waals surface area contributed by atoms with Gasteiger partial charge in [-0.25, -0.2) is 0 Å². The molecule has 1 heterocycles. The van der Waals surface area contributed by atoms with Crippen molar-refractivity contribution in [3.05, 3.63) is 47.7 Å². The summed E-state index contributed by atoms with van der Waals surface area (Å²) in [6, 6.07) is 11.7. The molecule has 2 heteroatoms. The number of benzene rings is 1. The molecule has 2 aromatic rings. The first-order valence-corrected chi connectivity index (χ1v) is 5.97. The Bertz CT molecular complexity index is 523. The van der Waals surface area contributed by atoms with Crippen molar-refractivity contribution in [3.8, 4) is 11.3 Å². The Morgan fingerprint density at radius 2 is 1.88 bits per heavy atom. The number of carbonyl (C=O) groups excluding carboxylic acids is 1. The van der Waals surface area contributed by atoms with Crippen LogP contribution in [-0.2, 0) is 6.42 Å². The molecule has 0 unspecified atom stereocenters. The van der Waals surface area contributed by atoms with Crippen molar-refractivity contribution >= 4 is 5.78 Å². The molecule has 0 bridgehead atoms. The van der Waals surface area contributed by atoms with E-state index >= 15 is 0 Å². The van der Waals surface area contributed by atoms with Crippen LogP contribution < -0.4 is 0 Å². The molecule has 0 spiro atoms. The van der Waals surface area contributed by atoms with Crippen LogP contribution in [0.4, 0.5) is 0 Å². The summed E-state index contributed by atoms with van der Waals surface area (Å²) in [5, 5.41) is 0. The third-order valence-electron chi connectivity index (χ3n) is 2.87. The molecule has 0 radical (unpaired) electrons. The lowest BCUT2D eigenvalue weighted by Gasteiger charge is -2.03. The van der Waals surface area contributed by atoms with Gasteiger partial charge in [-0.2, -0.15) is 0 Å². The topological polar surface area (TPSA) is 30.2 Å². The van der Waals surface area contributed by atoms with Crippen LogP contribution in [0.25, 0.3) is 11.3 Å². The summed E-state index contributed by atoms with van der Waals surface area (Å²) in [7, 11) is 0. The van der Waals surface area contributed by atoms with Gasteiger partial charge >= 0.3 is 0 Å². The van der Waals surface area contributed by atoms with Crippen LogP contribution in [0.1, 0.15) is 36.4 Å². The van der Waals surface area contributed by atoms with Gasteiger partial charge in [0.2, 0.25) is 0 Å². The number of furan rings is 1. The van der Waals surface area contributed by atoms with Crippen LogP contribution >= 0.6 is 0 Å². The summed E-state index contributed by atoms with van der Waals surface area (Å²) < 4.78 is 5.62. The van der Waals surface area contributed by atoms with E-state index in [4.69, 9.17) is 4.42 Å². The minimum atomic E-state index is 0.0465. The summed E-state index contributed by atoms with van der Waals surface area (Å²) in [6.07, 6.45) is 1.43. The van der Waals surface area contributed by atoms with Crippen molar-refractivity contribution in [2.45, 2.75) is 26.7 Å². The first-order chi connectivity index (χ1) is 8.26. The minimum Gasteiger partial charge on any atom is -0.453 e. The van der Waals surface area contributed by atoms with E-state index in [1.807, 2.05) is 31.2 Å². The highest BCUT2D eigenvalue weighted by atomic mass is 16.3. The van der Waals surface area contributed by atoms with E-state index in [2.05, 4.69) is 13.0 Å². The monoisotopic (exact) mass is 228 g/mol. The first kappa shape index (κ1) is 11.6. The maximum atomic E-state index is 11.5. The lowest BCUT2D eigenvalue weighted by Crippen LogP contribution is -1.92. The van der Waals surface area contributed by atoms with Crippen molar-refractivity contribution in [3.63, 3.8) is 0 Å². The van der Waals surface area contributed by atoms with E-state index in [0.29, 0.717) is 12.2 Å². The average Bonchev–Trinajstić information content (AvgIpc) is 2.87. The molecule has 1 aromatic heterocycles. The van der Waals surface area contributed by atoms with Gasteiger partial charge in [0.05, 0.1) is 0 Å². The second-order valence-corrected chi connectivity index (χ2v) is 3.95. The van der Waals surface area contributed by atoms with Crippen LogP contribution in [0.3, 0.4) is 0 Å². The number of carbonyl (C=O) groups is 1. The first-order valence-electron chi connectivity index (χ1n) is 5.97. The van der Waals surface area contributed by atoms with Gasteiger partial charge in [0.15, 0.2) is 11.5 Å². The van der Waals surface area contributed by atoms with Crippen LogP contribution in [0, 0.1) is 0 Å². The maximum absolute atomic E-state index is 11.5. The van der Waals surface area contributed by atoms with E-state index in [9.17, 15) is 4.79 Å². The highest BCUT2D eigenvalue weighted by Gasteiger charge is 2.11. The Labute approximate surface area is 101 Å². The molecule has 0 N–H and O–H groups in total. The largest absolute Gasteiger partial charge is 0.453 e. The fraction of sp³-hybridized carbons (Fsp3) is 0.267. The Morgan fingerprint density at radius 1 is 1.12 bits per heavy atom. The number of ketones is 1. The summed E-state index contributed by atoms with van der Waals surface area (Å²) >= 11 is 0. The highest BCUT2D eigenvalue weighted by molar-refractivity contribution is 5.93. The van der Waals surface area contributed by atoms with Crippen molar-refractivity contribution in [1.82, 2.24) is 0 Å². The molecule has 0 aliphatic rings. The third kappa shape index (κ3) is 2.31. The van der Waals surface area contributed by atoms with Crippen LogP contribution in [0.5, 0.6) is 0 Å². The lowest BCUT2D eigenvalue weighted by molar-refractivity contribution is 0.0962. The summed E-state index contributed by atoms with van der Waals surface area (Å²) in [4.78, 5) is 11.5. The third-order valence-corrected chi connectivity index (χ3v) is 2.87. The molecule has 88 valence electrons. The molecule has 0 atom stereocenters. The van der Waals surface area contributed by atoms with Gasteiger partial charge in [-0.3, -0.25) is 4.79 Å². The van der Waals surface area contributed by atoms with Gasteiger partial charge in [0, 0.05) is 12.0 Å². The number of hydrogen-bond acceptors (Lipinski definition) is 2.